The smallest absolute Gasteiger partial charge is 0.271 e. The van der Waals surface area contributed by atoms with Crippen LogP contribution in [0.25, 0.3) is 5.69 Å². The van der Waals surface area contributed by atoms with Crippen molar-refractivity contribution in [3.8, 4) is 5.69 Å². The molecular weight excluding hydrogens is 520 g/mol. The van der Waals surface area contributed by atoms with E-state index in [9.17, 15) is 13.2 Å². The number of hydrogen-bond donors (Lipinski definition) is 1. The van der Waals surface area contributed by atoms with Gasteiger partial charge in [0.2, 0.25) is 10.0 Å². The van der Waals surface area contributed by atoms with E-state index >= 15 is 0 Å². The van der Waals surface area contributed by atoms with E-state index < -0.39 is 15.9 Å². The Labute approximate surface area is 228 Å². The van der Waals surface area contributed by atoms with Crippen molar-refractivity contribution >= 4 is 39.4 Å². The van der Waals surface area contributed by atoms with Gasteiger partial charge in [0.25, 0.3) is 5.91 Å². The number of carbonyl (C=O) groups excluding carboxylic acids is 1. The Bertz CT molecular complexity index is 1590. The summed E-state index contributed by atoms with van der Waals surface area (Å²) in [6.07, 6.45) is 2.77. The first-order valence-corrected chi connectivity index (χ1v) is 14.2. The third kappa shape index (κ3) is 6.33. The summed E-state index contributed by atoms with van der Waals surface area (Å²) in [5.41, 5.74) is 9.12. The number of amides is 1. The molecule has 0 aliphatic heterocycles. The third-order valence-corrected chi connectivity index (χ3v) is 7.55. The van der Waals surface area contributed by atoms with Crippen LogP contribution in [0, 0.1) is 20.8 Å². The van der Waals surface area contributed by atoms with Crippen LogP contribution in [0.15, 0.2) is 84.0 Å². The van der Waals surface area contributed by atoms with E-state index in [-0.39, 0.29) is 6.54 Å². The minimum absolute atomic E-state index is 0.197. The molecule has 9 heteroatoms. The molecule has 3 aromatic carbocycles. The number of anilines is 1. The van der Waals surface area contributed by atoms with Crippen LogP contribution in [0.4, 0.5) is 5.69 Å². The lowest BCUT2D eigenvalue weighted by molar-refractivity contribution is 0.0955. The van der Waals surface area contributed by atoms with E-state index in [1.807, 2.05) is 75.4 Å². The summed E-state index contributed by atoms with van der Waals surface area (Å²) in [7, 11) is -3.53. The van der Waals surface area contributed by atoms with Crippen LogP contribution < -0.4 is 9.73 Å². The number of aryl methyl sites for hydroxylation is 2. The zero-order valence-corrected chi connectivity index (χ0v) is 23.2. The molecule has 4 aromatic rings. The van der Waals surface area contributed by atoms with Crippen LogP contribution >= 0.6 is 11.6 Å². The highest BCUT2D eigenvalue weighted by Crippen LogP contribution is 2.23. The lowest BCUT2D eigenvalue weighted by Crippen LogP contribution is -2.29. The van der Waals surface area contributed by atoms with Gasteiger partial charge < -0.3 is 4.57 Å². The molecule has 0 bridgehead atoms. The van der Waals surface area contributed by atoms with E-state index in [2.05, 4.69) is 15.1 Å². The fraction of sp³-hybridized carbons (Fsp3) is 0.172. The molecule has 0 atom stereocenters. The largest absolute Gasteiger partial charge is 0.318 e. The summed E-state index contributed by atoms with van der Waals surface area (Å²) in [5, 5.41) is 4.79. The number of hydrazone groups is 1. The molecule has 0 aliphatic rings. The number of rotatable bonds is 8. The number of carbonyl (C=O) groups is 1. The van der Waals surface area contributed by atoms with Gasteiger partial charge in [-0.15, -0.1) is 0 Å². The van der Waals surface area contributed by atoms with Crippen LogP contribution in [0.3, 0.4) is 0 Å². The predicted molar refractivity (Wildman–Crippen MR) is 154 cm³/mol. The van der Waals surface area contributed by atoms with Gasteiger partial charge in [-0.3, -0.25) is 9.10 Å². The van der Waals surface area contributed by atoms with Gasteiger partial charge in [-0.1, -0.05) is 47.5 Å². The highest BCUT2D eigenvalue weighted by Gasteiger charge is 2.18. The molecule has 0 unspecified atom stereocenters. The Hall–Kier alpha value is -3.88. The van der Waals surface area contributed by atoms with E-state index in [1.54, 1.807) is 30.5 Å². The van der Waals surface area contributed by atoms with E-state index in [0.29, 0.717) is 16.3 Å². The average molecular weight is 549 g/mol. The molecule has 1 N–H and O–H groups in total. The first-order chi connectivity index (χ1) is 18.0. The molecule has 0 fully saturated rings. The average Bonchev–Trinajstić information content (AvgIpc) is 3.15. The molecule has 0 aliphatic carbocycles. The Morgan fingerprint density at radius 2 is 1.68 bits per heavy atom. The van der Waals surface area contributed by atoms with Crippen LogP contribution in [0.2, 0.25) is 5.02 Å². The van der Waals surface area contributed by atoms with Crippen LogP contribution in [-0.2, 0) is 16.6 Å². The molecule has 7 nitrogen and oxygen atoms in total. The number of nitrogens with one attached hydrogen (secondary N) is 1. The van der Waals surface area contributed by atoms with Gasteiger partial charge in [0.15, 0.2) is 0 Å². The number of benzene rings is 3. The Kier molecular flexibility index (Phi) is 8.04. The van der Waals surface area contributed by atoms with Crippen molar-refractivity contribution in [2.45, 2.75) is 27.3 Å². The predicted octanol–water partition coefficient (Wildman–Crippen LogP) is 5.79. The molecule has 0 spiro atoms. The highest BCUT2D eigenvalue weighted by atomic mass is 35.5. The maximum Gasteiger partial charge on any atom is 0.271 e. The summed E-state index contributed by atoms with van der Waals surface area (Å²) >= 11 is 6.15. The Morgan fingerprint density at radius 3 is 2.32 bits per heavy atom. The van der Waals surface area contributed by atoms with Gasteiger partial charge in [0.1, 0.15) is 0 Å². The number of hydrogen-bond acceptors (Lipinski definition) is 4. The van der Waals surface area contributed by atoms with Crippen molar-refractivity contribution < 1.29 is 13.2 Å². The van der Waals surface area contributed by atoms with Gasteiger partial charge in [-0.05, 0) is 74.9 Å². The summed E-state index contributed by atoms with van der Waals surface area (Å²) in [6.45, 7) is 6.14. The minimum atomic E-state index is -3.53. The van der Waals surface area contributed by atoms with Gasteiger partial charge in [-0.2, -0.15) is 5.10 Å². The first-order valence-electron chi connectivity index (χ1n) is 11.9. The SMILES string of the molecule is Cc1ccc(CN(c2ccc(C(=O)N/N=C\c3cc(C)n(-c4cccc(Cl)c4)c3C)cc2)S(C)(=O)=O)cc1. The molecule has 0 saturated heterocycles. The second kappa shape index (κ2) is 11.2. The Morgan fingerprint density at radius 1 is 1.00 bits per heavy atom. The van der Waals surface area contributed by atoms with Gasteiger partial charge in [0.05, 0.1) is 24.7 Å². The number of halogens is 1. The quantitative estimate of drug-likeness (QED) is 0.223. The number of nitrogens with zero attached hydrogens (tertiary/aromatic N) is 3. The van der Waals surface area contributed by atoms with Crippen molar-refractivity contribution in [3.05, 3.63) is 118 Å². The topological polar surface area (TPSA) is 83.8 Å². The lowest BCUT2D eigenvalue weighted by atomic mass is 10.1. The summed E-state index contributed by atoms with van der Waals surface area (Å²) in [4.78, 5) is 12.7. The fourth-order valence-corrected chi connectivity index (χ4v) is 5.27. The van der Waals surface area contributed by atoms with Crippen molar-refractivity contribution in [1.82, 2.24) is 9.99 Å². The number of sulfonamides is 1. The van der Waals surface area contributed by atoms with Crippen LogP contribution in [-0.4, -0.2) is 31.4 Å². The first kappa shape index (κ1) is 27.2. The van der Waals surface area contributed by atoms with Crippen molar-refractivity contribution in [2.75, 3.05) is 10.6 Å². The maximum absolute atomic E-state index is 12.7. The van der Waals surface area contributed by atoms with Crippen molar-refractivity contribution in [2.24, 2.45) is 5.10 Å². The monoisotopic (exact) mass is 548 g/mol. The van der Waals surface area contributed by atoms with Gasteiger partial charge in [0, 0.05) is 33.2 Å². The van der Waals surface area contributed by atoms with Gasteiger partial charge in [-0.25, -0.2) is 13.8 Å². The summed E-state index contributed by atoms with van der Waals surface area (Å²) in [5.74, 6) is -0.402. The molecule has 1 heterocycles. The second-order valence-electron chi connectivity index (χ2n) is 9.14. The molecule has 196 valence electrons. The van der Waals surface area contributed by atoms with Crippen LogP contribution in [0.5, 0.6) is 0 Å². The third-order valence-electron chi connectivity index (χ3n) is 6.17. The fourth-order valence-electron chi connectivity index (χ4n) is 4.19. The number of aromatic nitrogens is 1. The Balaban J connectivity index is 1.46. The minimum Gasteiger partial charge on any atom is -0.318 e. The standard InChI is InChI=1S/C29H29ClN4O3S/c1-20-8-10-23(11-9-20)19-33(38(4,36)37)27-14-12-24(13-15-27)29(35)32-31-18-25-16-21(2)34(22(25)3)28-7-5-6-26(30)17-28/h5-18H,19H2,1-4H3,(H,32,35)/b31-18-. The molecule has 1 aromatic heterocycles. The summed E-state index contributed by atoms with van der Waals surface area (Å²) < 4.78 is 28.3. The normalized spacial score (nSPS) is 11.6. The van der Waals surface area contributed by atoms with Crippen LogP contribution in [0.1, 0.15) is 38.4 Å². The molecule has 38 heavy (non-hydrogen) atoms. The lowest BCUT2D eigenvalue weighted by Gasteiger charge is -2.22. The maximum atomic E-state index is 12.7. The zero-order chi connectivity index (χ0) is 27.4. The van der Waals surface area contributed by atoms with E-state index in [4.69, 9.17) is 11.6 Å². The highest BCUT2D eigenvalue weighted by molar-refractivity contribution is 7.92. The molecule has 0 radical (unpaired) electrons. The van der Waals surface area contributed by atoms with E-state index in [0.717, 1.165) is 33.8 Å². The van der Waals surface area contributed by atoms with Crippen molar-refractivity contribution in [1.29, 1.82) is 0 Å². The van der Waals surface area contributed by atoms with Crippen molar-refractivity contribution in [3.63, 3.8) is 0 Å². The van der Waals surface area contributed by atoms with E-state index in [1.165, 1.54) is 10.6 Å². The molecular formula is C29H29ClN4O3S. The second-order valence-corrected chi connectivity index (χ2v) is 11.5. The summed E-state index contributed by atoms with van der Waals surface area (Å²) in [6, 6.07) is 23.7. The zero-order valence-electron chi connectivity index (χ0n) is 21.6. The van der Waals surface area contributed by atoms with Gasteiger partial charge >= 0.3 is 0 Å². The molecule has 1 amide bonds. The molecule has 0 saturated carbocycles. The molecule has 4 rings (SSSR count).